The molecule has 0 aliphatic heterocycles. The van der Waals surface area contributed by atoms with E-state index in [0.29, 0.717) is 0 Å². The standard InChI is InChI=1S/C35H23NSe/c1-5-14-24(15-6-1)29-30(25-16-7-2-8-17-25)32(27-20-11-4-12-21-27)34-33(28-22-13-23-36-35(28)37-34)31(29)26-18-9-3-10-19-26/h1-23H. The number of rotatable bonds is 4. The molecule has 0 fully saturated rings. The molecule has 174 valence electrons. The van der Waals surface area contributed by atoms with E-state index in [1.807, 2.05) is 6.20 Å². The minimum absolute atomic E-state index is 0.0966. The maximum absolute atomic E-state index is 4.88. The number of pyridine rings is 1. The van der Waals surface area contributed by atoms with Crippen molar-refractivity contribution in [2.24, 2.45) is 0 Å². The number of hydrogen-bond acceptors (Lipinski definition) is 1. The van der Waals surface area contributed by atoms with Gasteiger partial charge in [-0.2, -0.15) is 0 Å². The Bertz CT molecular complexity index is 1840. The average Bonchev–Trinajstić information content (AvgIpc) is 3.37. The molecule has 0 aliphatic rings. The molecular formula is C35H23NSe. The Morgan fingerprint density at radius 3 is 1.35 bits per heavy atom. The van der Waals surface area contributed by atoms with Crippen LogP contribution in [0.15, 0.2) is 140 Å². The van der Waals surface area contributed by atoms with Gasteiger partial charge in [0.15, 0.2) is 0 Å². The molecule has 0 radical (unpaired) electrons. The molecule has 0 N–H and O–H groups in total. The monoisotopic (exact) mass is 537 g/mol. The predicted molar refractivity (Wildman–Crippen MR) is 158 cm³/mol. The van der Waals surface area contributed by atoms with Gasteiger partial charge in [-0.25, -0.2) is 0 Å². The second-order valence-corrected chi connectivity index (χ2v) is 11.2. The molecule has 0 amide bonds. The van der Waals surface area contributed by atoms with Crippen LogP contribution in [0.2, 0.25) is 0 Å². The van der Waals surface area contributed by atoms with Gasteiger partial charge in [0.1, 0.15) is 0 Å². The molecule has 0 spiro atoms. The Morgan fingerprint density at radius 2 is 0.838 bits per heavy atom. The van der Waals surface area contributed by atoms with Crippen LogP contribution in [-0.4, -0.2) is 19.5 Å². The van der Waals surface area contributed by atoms with E-state index in [9.17, 15) is 0 Å². The zero-order valence-electron chi connectivity index (χ0n) is 20.1. The van der Waals surface area contributed by atoms with E-state index >= 15 is 0 Å². The van der Waals surface area contributed by atoms with Crippen molar-refractivity contribution in [2.75, 3.05) is 0 Å². The third-order valence-electron chi connectivity index (χ3n) is 6.94. The summed E-state index contributed by atoms with van der Waals surface area (Å²) in [7, 11) is 0. The molecule has 0 aliphatic carbocycles. The maximum atomic E-state index is 4.88. The number of fused-ring (bicyclic) bond motifs is 3. The molecule has 37 heavy (non-hydrogen) atoms. The predicted octanol–water partition coefficient (Wildman–Crippen LogP) is 9.11. The molecule has 0 saturated heterocycles. The van der Waals surface area contributed by atoms with Crippen molar-refractivity contribution in [3.05, 3.63) is 140 Å². The molecule has 0 bridgehead atoms. The topological polar surface area (TPSA) is 12.9 Å². The summed E-state index contributed by atoms with van der Waals surface area (Å²) in [5.74, 6) is 0. The second-order valence-electron chi connectivity index (χ2n) is 9.13. The summed E-state index contributed by atoms with van der Waals surface area (Å²) >= 11 is 0.0966. The fourth-order valence-corrected chi connectivity index (χ4v) is 7.97. The Hall–Kier alpha value is -4.23. The van der Waals surface area contributed by atoms with E-state index in [2.05, 4.69) is 133 Å². The van der Waals surface area contributed by atoms with Gasteiger partial charge in [0.2, 0.25) is 0 Å². The zero-order chi connectivity index (χ0) is 24.6. The van der Waals surface area contributed by atoms with Crippen LogP contribution in [0.4, 0.5) is 0 Å². The first kappa shape index (κ1) is 22.0. The number of aromatic nitrogens is 1. The molecule has 0 saturated carbocycles. The number of benzene rings is 5. The molecular weight excluding hydrogens is 513 g/mol. The van der Waals surface area contributed by atoms with Crippen LogP contribution in [0, 0.1) is 0 Å². The van der Waals surface area contributed by atoms with E-state index in [1.54, 1.807) is 0 Å². The first-order chi connectivity index (χ1) is 18.4. The summed E-state index contributed by atoms with van der Waals surface area (Å²) in [5, 5.41) is 2.61. The summed E-state index contributed by atoms with van der Waals surface area (Å²) < 4.78 is 2.63. The van der Waals surface area contributed by atoms with E-state index in [-0.39, 0.29) is 14.5 Å². The normalized spacial score (nSPS) is 11.2. The number of nitrogens with zero attached hydrogens (tertiary/aromatic N) is 1. The van der Waals surface area contributed by atoms with Crippen LogP contribution in [-0.2, 0) is 0 Å². The van der Waals surface area contributed by atoms with Crippen LogP contribution in [0.1, 0.15) is 0 Å². The molecule has 2 heterocycles. The number of hydrogen-bond donors (Lipinski definition) is 0. The van der Waals surface area contributed by atoms with Gasteiger partial charge in [-0.3, -0.25) is 0 Å². The molecule has 0 unspecified atom stereocenters. The van der Waals surface area contributed by atoms with Crippen molar-refractivity contribution in [3.63, 3.8) is 0 Å². The van der Waals surface area contributed by atoms with Crippen LogP contribution < -0.4 is 0 Å². The summed E-state index contributed by atoms with van der Waals surface area (Å²) in [4.78, 5) is 4.88. The van der Waals surface area contributed by atoms with E-state index in [1.165, 1.54) is 63.9 Å². The SMILES string of the molecule is c1ccc(-c2c(-c3ccccc3)c(-c3ccccc3)c3c([se]c4ncccc43)c2-c2ccccc2)cc1. The van der Waals surface area contributed by atoms with Gasteiger partial charge < -0.3 is 0 Å². The van der Waals surface area contributed by atoms with Gasteiger partial charge in [0.05, 0.1) is 0 Å². The van der Waals surface area contributed by atoms with Crippen LogP contribution >= 0.6 is 0 Å². The van der Waals surface area contributed by atoms with Gasteiger partial charge in [0, 0.05) is 0 Å². The molecule has 5 aromatic carbocycles. The van der Waals surface area contributed by atoms with Crippen LogP contribution in [0.5, 0.6) is 0 Å². The Balaban J connectivity index is 1.81. The van der Waals surface area contributed by atoms with Crippen LogP contribution in [0.25, 0.3) is 63.9 Å². The molecule has 0 atom stereocenters. The van der Waals surface area contributed by atoms with Crippen molar-refractivity contribution in [2.45, 2.75) is 0 Å². The van der Waals surface area contributed by atoms with Crippen molar-refractivity contribution in [3.8, 4) is 44.5 Å². The Labute approximate surface area is 222 Å². The fraction of sp³-hybridized carbons (Fsp3) is 0. The zero-order valence-corrected chi connectivity index (χ0v) is 21.8. The van der Waals surface area contributed by atoms with Crippen molar-refractivity contribution in [1.82, 2.24) is 4.98 Å². The van der Waals surface area contributed by atoms with Crippen molar-refractivity contribution in [1.29, 1.82) is 0 Å². The Morgan fingerprint density at radius 1 is 0.405 bits per heavy atom. The quantitative estimate of drug-likeness (QED) is 0.205. The molecule has 2 heteroatoms. The van der Waals surface area contributed by atoms with E-state index in [4.69, 9.17) is 4.98 Å². The third kappa shape index (κ3) is 3.74. The van der Waals surface area contributed by atoms with Gasteiger partial charge in [-0.15, -0.1) is 0 Å². The van der Waals surface area contributed by atoms with E-state index in [0.717, 1.165) is 0 Å². The summed E-state index contributed by atoms with van der Waals surface area (Å²) in [6.07, 6.45) is 1.94. The molecule has 1 nitrogen and oxygen atoms in total. The van der Waals surface area contributed by atoms with Gasteiger partial charge in [0.25, 0.3) is 0 Å². The summed E-state index contributed by atoms with van der Waals surface area (Å²) in [6.45, 7) is 0. The molecule has 2 aromatic heterocycles. The second kappa shape index (κ2) is 9.33. The van der Waals surface area contributed by atoms with Crippen molar-refractivity contribution < 1.29 is 0 Å². The molecule has 7 aromatic rings. The van der Waals surface area contributed by atoms with Crippen LogP contribution in [0.3, 0.4) is 0 Å². The Kier molecular flexibility index (Phi) is 5.55. The van der Waals surface area contributed by atoms with Crippen molar-refractivity contribution >= 4 is 33.9 Å². The average molecular weight is 537 g/mol. The molecule has 7 rings (SSSR count). The summed E-state index contributed by atoms with van der Waals surface area (Å²) in [5.41, 5.74) is 10.2. The van der Waals surface area contributed by atoms with Gasteiger partial charge >= 0.3 is 223 Å². The van der Waals surface area contributed by atoms with Gasteiger partial charge in [-0.1, -0.05) is 0 Å². The van der Waals surface area contributed by atoms with Gasteiger partial charge in [-0.05, 0) is 0 Å². The first-order valence-corrected chi connectivity index (χ1v) is 14.2. The third-order valence-corrected chi connectivity index (χ3v) is 9.32. The van der Waals surface area contributed by atoms with E-state index < -0.39 is 0 Å². The summed E-state index contributed by atoms with van der Waals surface area (Å²) in [6, 6.07) is 47.9. The first-order valence-electron chi connectivity index (χ1n) is 12.5. The fourth-order valence-electron chi connectivity index (χ4n) is 5.41. The minimum atomic E-state index is 0.0966.